The molecule has 1 rings (SSSR count). The molecule has 0 aliphatic heterocycles. The van der Waals surface area contributed by atoms with Crippen LogP contribution in [0.5, 0.6) is 0 Å². The molecule has 20 heavy (non-hydrogen) atoms. The SMILES string of the molecule is CCCNC(CC(C)C(C)(C)C)c1ccc(F)c(C)c1. The van der Waals surface area contributed by atoms with Gasteiger partial charge >= 0.3 is 0 Å². The van der Waals surface area contributed by atoms with E-state index in [1.807, 2.05) is 19.1 Å². The molecule has 0 radical (unpaired) electrons. The summed E-state index contributed by atoms with van der Waals surface area (Å²) in [7, 11) is 0. The molecule has 1 aromatic rings. The number of nitrogens with one attached hydrogen (secondary N) is 1. The molecule has 2 unspecified atom stereocenters. The Labute approximate surface area is 124 Å². The fourth-order valence-corrected chi connectivity index (χ4v) is 2.25. The molecule has 2 heteroatoms. The Morgan fingerprint density at radius 2 is 1.90 bits per heavy atom. The highest BCUT2D eigenvalue weighted by Gasteiger charge is 2.24. The van der Waals surface area contributed by atoms with Gasteiger partial charge in [-0.05, 0) is 54.8 Å². The predicted octanol–water partition coefficient (Wildman–Crippen LogP) is 5.25. The Kier molecular flexibility index (Phi) is 6.19. The summed E-state index contributed by atoms with van der Waals surface area (Å²) < 4.78 is 13.4. The van der Waals surface area contributed by atoms with Crippen molar-refractivity contribution < 1.29 is 4.39 Å². The van der Waals surface area contributed by atoms with Crippen LogP contribution in [-0.4, -0.2) is 6.54 Å². The smallest absolute Gasteiger partial charge is 0.126 e. The monoisotopic (exact) mass is 279 g/mol. The van der Waals surface area contributed by atoms with E-state index in [0.717, 1.165) is 24.9 Å². The van der Waals surface area contributed by atoms with Gasteiger partial charge in [-0.2, -0.15) is 0 Å². The number of halogens is 1. The maximum atomic E-state index is 13.4. The Hall–Kier alpha value is -0.890. The molecule has 0 saturated heterocycles. The van der Waals surface area contributed by atoms with Gasteiger partial charge in [0.05, 0.1) is 0 Å². The lowest BCUT2D eigenvalue weighted by atomic mass is 9.77. The second-order valence-electron chi connectivity index (χ2n) is 7.02. The van der Waals surface area contributed by atoms with Crippen LogP contribution in [0.4, 0.5) is 4.39 Å². The van der Waals surface area contributed by atoms with Gasteiger partial charge in [0.1, 0.15) is 5.82 Å². The molecule has 0 bridgehead atoms. The Balaban J connectivity index is 2.90. The summed E-state index contributed by atoms with van der Waals surface area (Å²) in [6, 6.07) is 5.80. The van der Waals surface area contributed by atoms with E-state index in [9.17, 15) is 4.39 Å². The van der Waals surface area contributed by atoms with Crippen molar-refractivity contribution in [3.8, 4) is 0 Å². The van der Waals surface area contributed by atoms with E-state index >= 15 is 0 Å². The molecule has 0 aliphatic carbocycles. The molecule has 114 valence electrons. The zero-order valence-electron chi connectivity index (χ0n) is 13.9. The van der Waals surface area contributed by atoms with Crippen LogP contribution in [-0.2, 0) is 0 Å². The minimum Gasteiger partial charge on any atom is -0.310 e. The summed E-state index contributed by atoms with van der Waals surface area (Å²) in [5.74, 6) is 0.481. The van der Waals surface area contributed by atoms with Crippen molar-refractivity contribution in [1.29, 1.82) is 0 Å². The molecule has 0 saturated carbocycles. The average Bonchev–Trinajstić information content (AvgIpc) is 2.36. The fourth-order valence-electron chi connectivity index (χ4n) is 2.25. The summed E-state index contributed by atoms with van der Waals surface area (Å²) in [5, 5.41) is 3.61. The van der Waals surface area contributed by atoms with Crippen LogP contribution in [0.15, 0.2) is 18.2 Å². The van der Waals surface area contributed by atoms with E-state index in [4.69, 9.17) is 0 Å². The average molecular weight is 279 g/mol. The topological polar surface area (TPSA) is 12.0 Å². The van der Waals surface area contributed by atoms with Gasteiger partial charge in [-0.1, -0.05) is 46.8 Å². The number of rotatable bonds is 6. The minimum atomic E-state index is -0.119. The van der Waals surface area contributed by atoms with Crippen LogP contribution in [0.25, 0.3) is 0 Å². The van der Waals surface area contributed by atoms with Gasteiger partial charge in [-0.3, -0.25) is 0 Å². The first-order valence-corrected chi connectivity index (χ1v) is 7.75. The third-order valence-corrected chi connectivity index (χ3v) is 4.29. The van der Waals surface area contributed by atoms with Gasteiger partial charge in [0.25, 0.3) is 0 Å². The molecular formula is C18H30FN. The molecule has 0 spiro atoms. The number of benzene rings is 1. The summed E-state index contributed by atoms with van der Waals surface area (Å²) in [5.41, 5.74) is 2.23. The zero-order chi connectivity index (χ0) is 15.3. The normalized spacial score (nSPS) is 15.2. The van der Waals surface area contributed by atoms with E-state index in [2.05, 4.69) is 39.9 Å². The van der Waals surface area contributed by atoms with E-state index in [1.165, 1.54) is 5.56 Å². The molecule has 0 aromatic heterocycles. The van der Waals surface area contributed by atoms with Gasteiger partial charge in [0.2, 0.25) is 0 Å². The number of hydrogen-bond donors (Lipinski definition) is 1. The Morgan fingerprint density at radius 3 is 2.40 bits per heavy atom. The van der Waals surface area contributed by atoms with Crippen LogP contribution in [0.2, 0.25) is 0 Å². The molecule has 0 heterocycles. The summed E-state index contributed by atoms with van der Waals surface area (Å²) in [4.78, 5) is 0. The standard InChI is InChI=1S/C18H30FN/c1-7-10-20-17(12-14(3)18(4,5)6)15-8-9-16(19)13(2)11-15/h8-9,11,14,17,20H,7,10,12H2,1-6H3. The Morgan fingerprint density at radius 1 is 1.25 bits per heavy atom. The quantitative estimate of drug-likeness (QED) is 0.750. The van der Waals surface area contributed by atoms with Crippen LogP contribution >= 0.6 is 0 Å². The summed E-state index contributed by atoms with van der Waals surface area (Å²) >= 11 is 0. The molecule has 0 amide bonds. The Bertz CT molecular complexity index is 420. The lowest BCUT2D eigenvalue weighted by molar-refractivity contribution is 0.223. The highest BCUT2D eigenvalue weighted by molar-refractivity contribution is 5.26. The molecular weight excluding hydrogens is 249 g/mol. The number of hydrogen-bond acceptors (Lipinski definition) is 1. The summed E-state index contributed by atoms with van der Waals surface area (Å²) in [6.45, 7) is 14.2. The van der Waals surface area contributed by atoms with E-state index in [1.54, 1.807) is 6.07 Å². The van der Waals surface area contributed by atoms with Crippen molar-refractivity contribution >= 4 is 0 Å². The lowest BCUT2D eigenvalue weighted by Gasteiger charge is -2.31. The van der Waals surface area contributed by atoms with Gasteiger partial charge < -0.3 is 5.32 Å². The zero-order valence-corrected chi connectivity index (χ0v) is 13.9. The lowest BCUT2D eigenvalue weighted by Crippen LogP contribution is -2.28. The maximum Gasteiger partial charge on any atom is 0.126 e. The van der Waals surface area contributed by atoms with Crippen LogP contribution < -0.4 is 5.32 Å². The second kappa shape index (κ2) is 7.21. The highest BCUT2D eigenvalue weighted by Crippen LogP contribution is 2.33. The van der Waals surface area contributed by atoms with Crippen molar-refractivity contribution in [3.05, 3.63) is 35.1 Å². The maximum absolute atomic E-state index is 13.4. The van der Waals surface area contributed by atoms with Crippen molar-refractivity contribution in [2.45, 2.75) is 60.4 Å². The van der Waals surface area contributed by atoms with Crippen molar-refractivity contribution in [2.24, 2.45) is 11.3 Å². The van der Waals surface area contributed by atoms with Crippen molar-refractivity contribution in [2.75, 3.05) is 6.54 Å². The van der Waals surface area contributed by atoms with E-state index < -0.39 is 0 Å². The van der Waals surface area contributed by atoms with Gasteiger partial charge in [-0.15, -0.1) is 0 Å². The molecule has 1 nitrogen and oxygen atoms in total. The molecule has 0 aliphatic rings. The van der Waals surface area contributed by atoms with Crippen LogP contribution in [0.3, 0.4) is 0 Å². The molecule has 0 fully saturated rings. The molecule has 2 atom stereocenters. The first-order valence-electron chi connectivity index (χ1n) is 7.75. The van der Waals surface area contributed by atoms with Crippen molar-refractivity contribution in [1.82, 2.24) is 5.32 Å². The van der Waals surface area contributed by atoms with Crippen LogP contribution in [0, 0.1) is 24.1 Å². The predicted molar refractivity (Wildman–Crippen MR) is 85.4 cm³/mol. The first-order chi connectivity index (χ1) is 9.25. The van der Waals surface area contributed by atoms with Gasteiger partial charge in [0.15, 0.2) is 0 Å². The highest BCUT2D eigenvalue weighted by atomic mass is 19.1. The van der Waals surface area contributed by atoms with Gasteiger partial charge in [0, 0.05) is 6.04 Å². The first kappa shape index (κ1) is 17.2. The minimum absolute atomic E-state index is 0.119. The fraction of sp³-hybridized carbons (Fsp3) is 0.667. The largest absolute Gasteiger partial charge is 0.310 e. The van der Waals surface area contributed by atoms with E-state index in [0.29, 0.717) is 17.4 Å². The van der Waals surface area contributed by atoms with Gasteiger partial charge in [-0.25, -0.2) is 4.39 Å². The third-order valence-electron chi connectivity index (χ3n) is 4.29. The van der Waals surface area contributed by atoms with E-state index in [-0.39, 0.29) is 5.82 Å². The molecule has 1 N–H and O–H groups in total. The van der Waals surface area contributed by atoms with Crippen LogP contribution in [0.1, 0.15) is 64.6 Å². The number of aryl methyl sites for hydroxylation is 1. The summed E-state index contributed by atoms with van der Waals surface area (Å²) in [6.07, 6.45) is 2.19. The third kappa shape index (κ3) is 4.90. The molecule has 1 aromatic carbocycles. The van der Waals surface area contributed by atoms with Crippen molar-refractivity contribution in [3.63, 3.8) is 0 Å². The second-order valence-corrected chi connectivity index (χ2v) is 7.02.